The Morgan fingerprint density at radius 1 is 1.11 bits per heavy atom. The molecule has 0 saturated carbocycles. The Kier molecular flexibility index (Phi) is 7.65. The summed E-state index contributed by atoms with van der Waals surface area (Å²) in [4.78, 5) is 8.36. The monoisotopic (exact) mass is 268 g/mol. The number of rotatable bonds is 10. The molecular weight excluding hydrogens is 244 g/mol. The number of hydrogen-bond acceptors (Lipinski definition) is 6. The van der Waals surface area contributed by atoms with Crippen molar-refractivity contribution in [3.63, 3.8) is 0 Å². The number of nitrogens with zero attached hydrogens (tertiary/aromatic N) is 2. The van der Waals surface area contributed by atoms with E-state index in [9.17, 15) is 0 Å². The molecule has 1 aromatic heterocycles. The highest BCUT2D eigenvalue weighted by Gasteiger charge is 2.10. The van der Waals surface area contributed by atoms with E-state index in [2.05, 4.69) is 27.5 Å². The summed E-state index contributed by atoms with van der Waals surface area (Å²) < 4.78 is 10.8. The average Bonchev–Trinajstić information content (AvgIpc) is 2.43. The lowest BCUT2D eigenvalue weighted by atomic mass is 10.4. The highest BCUT2D eigenvalue weighted by Crippen LogP contribution is 2.28. The number of methoxy groups -OCH3 is 1. The normalized spacial score (nSPS) is 10.3. The van der Waals surface area contributed by atoms with E-state index in [1.807, 2.05) is 6.92 Å². The highest BCUT2D eigenvalue weighted by molar-refractivity contribution is 5.63. The lowest BCUT2D eigenvalue weighted by Crippen LogP contribution is -2.10. The van der Waals surface area contributed by atoms with Gasteiger partial charge in [0.25, 0.3) is 0 Å². The quantitative estimate of drug-likeness (QED) is 0.634. The summed E-state index contributed by atoms with van der Waals surface area (Å²) in [6.07, 6.45) is 3.51. The molecule has 0 amide bonds. The molecule has 0 unspecified atom stereocenters. The first-order valence-electron chi connectivity index (χ1n) is 6.77. The molecule has 0 bridgehead atoms. The molecule has 0 radical (unpaired) electrons. The Labute approximate surface area is 114 Å². The van der Waals surface area contributed by atoms with Crippen LogP contribution in [0.25, 0.3) is 0 Å². The lowest BCUT2D eigenvalue weighted by molar-refractivity contribution is 0.134. The van der Waals surface area contributed by atoms with Crippen molar-refractivity contribution in [3.8, 4) is 5.75 Å². The van der Waals surface area contributed by atoms with Crippen molar-refractivity contribution >= 4 is 11.6 Å². The fourth-order valence-corrected chi connectivity index (χ4v) is 1.61. The third kappa shape index (κ3) is 5.30. The lowest BCUT2D eigenvalue weighted by Gasteiger charge is -2.13. The molecule has 0 aliphatic carbocycles. The molecule has 0 spiro atoms. The first kappa shape index (κ1) is 15.5. The fraction of sp³-hybridized carbons (Fsp3) is 0.692. The van der Waals surface area contributed by atoms with Crippen LogP contribution >= 0.6 is 0 Å². The fourth-order valence-electron chi connectivity index (χ4n) is 1.61. The molecule has 6 heteroatoms. The summed E-state index contributed by atoms with van der Waals surface area (Å²) >= 11 is 0. The maximum absolute atomic E-state index is 5.42. The topological polar surface area (TPSA) is 68.3 Å². The van der Waals surface area contributed by atoms with Crippen molar-refractivity contribution in [3.05, 3.63) is 6.33 Å². The maximum Gasteiger partial charge on any atom is 0.204 e. The average molecular weight is 268 g/mol. The van der Waals surface area contributed by atoms with E-state index in [4.69, 9.17) is 9.47 Å². The van der Waals surface area contributed by atoms with Crippen LogP contribution in [0, 0.1) is 0 Å². The Morgan fingerprint density at radius 2 is 1.84 bits per heavy atom. The Balaban J connectivity index is 2.46. The minimum atomic E-state index is 0.652. The van der Waals surface area contributed by atoms with Gasteiger partial charge in [-0.3, -0.25) is 0 Å². The summed E-state index contributed by atoms with van der Waals surface area (Å²) in [5.74, 6) is 2.08. The number of ether oxygens (including phenoxy) is 2. The van der Waals surface area contributed by atoms with Gasteiger partial charge in [-0.25, -0.2) is 9.97 Å². The van der Waals surface area contributed by atoms with Gasteiger partial charge in [0, 0.05) is 26.3 Å². The third-order valence-corrected chi connectivity index (χ3v) is 2.46. The summed E-state index contributed by atoms with van der Waals surface area (Å²) in [5, 5.41) is 6.39. The van der Waals surface area contributed by atoms with E-state index in [-0.39, 0.29) is 0 Å². The van der Waals surface area contributed by atoms with Crippen LogP contribution < -0.4 is 15.4 Å². The molecule has 0 aliphatic heterocycles. The summed E-state index contributed by atoms with van der Waals surface area (Å²) in [7, 11) is 1.62. The van der Waals surface area contributed by atoms with Crippen LogP contribution in [0.4, 0.5) is 11.6 Å². The van der Waals surface area contributed by atoms with Gasteiger partial charge in [0.1, 0.15) is 6.33 Å². The number of nitrogens with one attached hydrogen (secondary N) is 2. The second-order valence-corrected chi connectivity index (χ2v) is 4.03. The van der Waals surface area contributed by atoms with Gasteiger partial charge in [0.2, 0.25) is 5.75 Å². The minimum absolute atomic E-state index is 0.652. The van der Waals surface area contributed by atoms with Crippen molar-refractivity contribution in [2.75, 3.05) is 44.0 Å². The molecule has 1 heterocycles. The van der Waals surface area contributed by atoms with Gasteiger partial charge >= 0.3 is 0 Å². The highest BCUT2D eigenvalue weighted by atomic mass is 16.5. The van der Waals surface area contributed by atoms with Gasteiger partial charge in [-0.05, 0) is 19.8 Å². The maximum atomic E-state index is 5.42. The van der Waals surface area contributed by atoms with Crippen LogP contribution in [0.1, 0.15) is 26.7 Å². The molecule has 1 aromatic rings. The van der Waals surface area contributed by atoms with Crippen LogP contribution in [0.5, 0.6) is 5.75 Å². The van der Waals surface area contributed by atoms with Crippen molar-refractivity contribution in [1.82, 2.24) is 9.97 Å². The summed E-state index contributed by atoms with van der Waals surface area (Å²) in [6.45, 7) is 7.28. The largest absolute Gasteiger partial charge is 0.490 e. The zero-order valence-corrected chi connectivity index (χ0v) is 12.0. The van der Waals surface area contributed by atoms with Crippen molar-refractivity contribution in [2.24, 2.45) is 0 Å². The number of anilines is 2. The first-order valence-corrected chi connectivity index (χ1v) is 6.77. The first-order chi connectivity index (χ1) is 9.33. The zero-order valence-electron chi connectivity index (χ0n) is 12.0. The molecule has 0 atom stereocenters. The summed E-state index contributed by atoms with van der Waals surface area (Å²) in [5.41, 5.74) is 0. The van der Waals surface area contributed by atoms with E-state index in [0.29, 0.717) is 17.4 Å². The molecular formula is C13H24N4O2. The number of hydrogen-bond donors (Lipinski definition) is 2. The van der Waals surface area contributed by atoms with E-state index < -0.39 is 0 Å². The van der Waals surface area contributed by atoms with Gasteiger partial charge in [-0.1, -0.05) is 6.92 Å². The Hall–Kier alpha value is -1.56. The summed E-state index contributed by atoms with van der Waals surface area (Å²) in [6, 6.07) is 0. The number of aromatic nitrogens is 2. The molecule has 0 aromatic carbocycles. The standard InChI is InChI=1S/C13H24N4O2/c1-4-8-19-9-6-7-15-13-11(18-3)12(14-5-2)16-10-17-13/h10H,4-9H2,1-3H3,(H2,14,15,16,17). The van der Waals surface area contributed by atoms with E-state index in [1.165, 1.54) is 6.33 Å². The molecule has 108 valence electrons. The molecule has 19 heavy (non-hydrogen) atoms. The molecule has 0 fully saturated rings. The molecule has 6 nitrogen and oxygen atoms in total. The smallest absolute Gasteiger partial charge is 0.204 e. The van der Waals surface area contributed by atoms with E-state index in [1.54, 1.807) is 7.11 Å². The molecule has 0 saturated heterocycles. The Bertz CT molecular complexity index is 360. The zero-order chi connectivity index (χ0) is 13.9. The van der Waals surface area contributed by atoms with Crippen LogP contribution in [-0.4, -0.2) is 43.4 Å². The van der Waals surface area contributed by atoms with Crippen LogP contribution in [-0.2, 0) is 4.74 Å². The van der Waals surface area contributed by atoms with Crippen molar-refractivity contribution < 1.29 is 9.47 Å². The van der Waals surface area contributed by atoms with Crippen LogP contribution in [0.15, 0.2) is 6.33 Å². The minimum Gasteiger partial charge on any atom is -0.490 e. The van der Waals surface area contributed by atoms with Gasteiger partial charge in [0.05, 0.1) is 7.11 Å². The second kappa shape index (κ2) is 9.38. The molecule has 1 rings (SSSR count). The van der Waals surface area contributed by atoms with Crippen molar-refractivity contribution in [2.45, 2.75) is 26.7 Å². The van der Waals surface area contributed by atoms with Crippen LogP contribution in [0.2, 0.25) is 0 Å². The SMILES string of the molecule is CCCOCCCNc1ncnc(NCC)c1OC. The predicted molar refractivity (Wildman–Crippen MR) is 77.0 cm³/mol. The Morgan fingerprint density at radius 3 is 2.47 bits per heavy atom. The van der Waals surface area contributed by atoms with Crippen molar-refractivity contribution in [1.29, 1.82) is 0 Å². The van der Waals surface area contributed by atoms with Gasteiger partial charge in [-0.2, -0.15) is 0 Å². The third-order valence-electron chi connectivity index (χ3n) is 2.46. The van der Waals surface area contributed by atoms with Gasteiger partial charge in [-0.15, -0.1) is 0 Å². The molecule has 0 aliphatic rings. The molecule has 2 N–H and O–H groups in total. The predicted octanol–water partition coefficient (Wildman–Crippen LogP) is 2.15. The second-order valence-electron chi connectivity index (χ2n) is 4.03. The van der Waals surface area contributed by atoms with Crippen LogP contribution in [0.3, 0.4) is 0 Å². The van der Waals surface area contributed by atoms with Gasteiger partial charge < -0.3 is 20.1 Å². The van der Waals surface area contributed by atoms with E-state index in [0.717, 1.165) is 39.1 Å². The van der Waals surface area contributed by atoms with E-state index >= 15 is 0 Å². The van der Waals surface area contributed by atoms with Gasteiger partial charge in [0.15, 0.2) is 11.6 Å².